The van der Waals surface area contributed by atoms with Gasteiger partial charge >= 0.3 is 0 Å². The molecule has 0 bridgehead atoms. The Balaban J connectivity index is 1.50. The van der Waals surface area contributed by atoms with E-state index in [4.69, 9.17) is 14.5 Å². The van der Waals surface area contributed by atoms with Gasteiger partial charge < -0.3 is 14.8 Å². The third-order valence-corrected chi connectivity index (χ3v) is 7.37. The molecule has 180 valence electrons. The Morgan fingerprint density at radius 1 is 1.00 bits per heavy atom. The van der Waals surface area contributed by atoms with Crippen LogP contribution in [0.5, 0.6) is 11.5 Å². The number of carbonyl (C=O) groups excluding carboxylic acids is 1. The van der Waals surface area contributed by atoms with E-state index in [-0.39, 0.29) is 5.91 Å². The Morgan fingerprint density at radius 3 is 2.37 bits per heavy atom. The van der Waals surface area contributed by atoms with Crippen LogP contribution in [0.1, 0.15) is 22.6 Å². The number of carbonyl (C=O) groups is 1. The lowest BCUT2D eigenvalue weighted by Gasteiger charge is -2.26. The molecule has 0 aromatic heterocycles. The number of fused-ring (bicyclic) bond motifs is 1. The quantitative estimate of drug-likeness (QED) is 0.469. The maximum atomic E-state index is 13.2. The van der Waals surface area contributed by atoms with Crippen molar-refractivity contribution in [3.63, 3.8) is 0 Å². The minimum Gasteiger partial charge on any atom is -0.493 e. The third-order valence-electron chi connectivity index (χ3n) is 6.43. The summed E-state index contributed by atoms with van der Waals surface area (Å²) in [5, 5.41) is 3.00. The number of hydrogen-bond acceptors (Lipinski definition) is 6. The van der Waals surface area contributed by atoms with E-state index in [0.29, 0.717) is 17.2 Å². The number of hydrogen-bond donors (Lipinski definition) is 1. The lowest BCUT2D eigenvalue weighted by atomic mass is 9.90. The maximum Gasteiger partial charge on any atom is 0.238 e. The van der Waals surface area contributed by atoms with E-state index in [1.165, 1.54) is 17.1 Å². The summed E-state index contributed by atoms with van der Waals surface area (Å²) in [4.78, 5) is 20.7. The topological polar surface area (TPSA) is 63.2 Å². The van der Waals surface area contributed by atoms with Crippen LogP contribution in [0.15, 0.2) is 71.7 Å². The van der Waals surface area contributed by atoms with Crippen molar-refractivity contribution in [1.82, 2.24) is 4.90 Å². The number of amides is 1. The Labute approximate surface area is 210 Å². The van der Waals surface area contributed by atoms with E-state index in [0.717, 1.165) is 42.1 Å². The molecule has 6 nitrogen and oxygen atoms in total. The highest BCUT2D eigenvalue weighted by molar-refractivity contribution is 7.99. The standard InChI is InChI=1S/C28H29N3O3S/c1-33-24-16-22-23(17-25(24)34-2)30-28(32)26(22)27(20-6-4-3-5-7-20)29-21-10-8-19(9-11-21)18-31-12-14-35-15-13-31/h3-11,16-17,26H,12-15,18H2,1-2H3,(H,30,32). The van der Waals surface area contributed by atoms with Gasteiger partial charge in [0, 0.05) is 42.9 Å². The van der Waals surface area contributed by atoms with E-state index in [9.17, 15) is 4.79 Å². The molecule has 35 heavy (non-hydrogen) atoms. The zero-order valence-electron chi connectivity index (χ0n) is 20.0. The minimum atomic E-state index is -0.558. The van der Waals surface area contributed by atoms with Gasteiger partial charge in [-0.2, -0.15) is 11.8 Å². The lowest BCUT2D eigenvalue weighted by Crippen LogP contribution is -2.31. The molecule has 0 spiro atoms. The summed E-state index contributed by atoms with van der Waals surface area (Å²) >= 11 is 2.02. The second-order valence-electron chi connectivity index (χ2n) is 8.63. The number of aliphatic imine (C=N–C) groups is 1. The Bertz CT molecular complexity index is 1220. The molecule has 0 aliphatic carbocycles. The van der Waals surface area contributed by atoms with Crippen LogP contribution < -0.4 is 14.8 Å². The van der Waals surface area contributed by atoms with E-state index in [1.807, 2.05) is 66.4 Å². The van der Waals surface area contributed by atoms with E-state index >= 15 is 0 Å². The molecule has 1 unspecified atom stereocenters. The fraction of sp³-hybridized carbons (Fsp3) is 0.286. The first-order valence-electron chi connectivity index (χ1n) is 11.8. The van der Waals surface area contributed by atoms with E-state index < -0.39 is 5.92 Å². The van der Waals surface area contributed by atoms with Gasteiger partial charge in [-0.25, -0.2) is 0 Å². The number of nitrogens with one attached hydrogen (secondary N) is 1. The van der Waals surface area contributed by atoms with Crippen LogP contribution in [-0.2, 0) is 11.3 Å². The first kappa shape index (κ1) is 23.5. The van der Waals surface area contributed by atoms with Crippen LogP contribution in [0.4, 0.5) is 11.4 Å². The number of thioether (sulfide) groups is 1. The van der Waals surface area contributed by atoms with Gasteiger partial charge in [-0.15, -0.1) is 0 Å². The number of anilines is 1. The van der Waals surface area contributed by atoms with Crippen molar-refractivity contribution in [3.05, 3.63) is 83.4 Å². The van der Waals surface area contributed by atoms with Gasteiger partial charge in [0.25, 0.3) is 0 Å². The van der Waals surface area contributed by atoms with Crippen LogP contribution in [0.25, 0.3) is 0 Å². The van der Waals surface area contributed by atoms with Gasteiger partial charge in [0.05, 0.1) is 25.6 Å². The summed E-state index contributed by atoms with van der Waals surface area (Å²) in [6, 6.07) is 21.9. The fourth-order valence-corrected chi connectivity index (χ4v) is 5.58. The summed E-state index contributed by atoms with van der Waals surface area (Å²) in [5.41, 5.74) is 5.26. The molecule has 7 heteroatoms. The molecule has 2 heterocycles. The number of ether oxygens (including phenoxy) is 2. The molecular formula is C28H29N3O3S. The molecule has 3 aromatic carbocycles. The van der Waals surface area contributed by atoms with Gasteiger partial charge in [0.1, 0.15) is 5.92 Å². The Morgan fingerprint density at radius 2 is 1.69 bits per heavy atom. The number of benzene rings is 3. The molecule has 1 fully saturated rings. The van der Waals surface area contributed by atoms with Crippen molar-refractivity contribution < 1.29 is 14.3 Å². The maximum absolute atomic E-state index is 13.2. The van der Waals surface area contributed by atoms with Gasteiger partial charge in [-0.1, -0.05) is 42.5 Å². The third kappa shape index (κ3) is 5.06. The molecule has 1 saturated heterocycles. The zero-order chi connectivity index (χ0) is 24.2. The second-order valence-corrected chi connectivity index (χ2v) is 9.86. The number of nitrogens with zero attached hydrogens (tertiary/aromatic N) is 2. The first-order valence-corrected chi connectivity index (χ1v) is 12.9. The normalized spacial score (nSPS) is 18.2. The Kier molecular flexibility index (Phi) is 7.06. The van der Waals surface area contributed by atoms with E-state index in [1.54, 1.807) is 14.2 Å². The molecule has 3 aromatic rings. The Hall–Kier alpha value is -3.29. The lowest BCUT2D eigenvalue weighted by molar-refractivity contribution is -0.115. The average molecular weight is 488 g/mol. The molecule has 0 saturated carbocycles. The summed E-state index contributed by atoms with van der Waals surface area (Å²) in [7, 11) is 3.18. The molecule has 1 amide bonds. The molecule has 1 N–H and O–H groups in total. The SMILES string of the molecule is COc1cc2c(cc1OC)C(C(=Nc1ccc(CN3CCSCC3)cc1)c1ccccc1)C(=O)N2. The van der Waals surface area contributed by atoms with Crippen LogP contribution in [0.3, 0.4) is 0 Å². The van der Waals surface area contributed by atoms with Gasteiger partial charge in [-0.3, -0.25) is 14.7 Å². The van der Waals surface area contributed by atoms with Gasteiger partial charge in [-0.05, 0) is 34.9 Å². The van der Waals surface area contributed by atoms with Crippen LogP contribution in [0, 0.1) is 0 Å². The highest BCUT2D eigenvalue weighted by Gasteiger charge is 2.36. The van der Waals surface area contributed by atoms with Crippen molar-refractivity contribution in [2.75, 3.05) is 44.1 Å². The predicted octanol–water partition coefficient (Wildman–Crippen LogP) is 5.11. The minimum absolute atomic E-state index is 0.113. The highest BCUT2D eigenvalue weighted by atomic mass is 32.2. The van der Waals surface area contributed by atoms with Crippen LogP contribution in [0.2, 0.25) is 0 Å². The largest absolute Gasteiger partial charge is 0.493 e. The molecule has 2 aliphatic heterocycles. The first-order chi connectivity index (χ1) is 17.2. The predicted molar refractivity (Wildman–Crippen MR) is 143 cm³/mol. The van der Waals surface area contributed by atoms with Gasteiger partial charge in [0.2, 0.25) is 5.91 Å². The average Bonchev–Trinajstić information content (AvgIpc) is 3.22. The summed E-state index contributed by atoms with van der Waals surface area (Å²) < 4.78 is 10.9. The van der Waals surface area contributed by atoms with Crippen LogP contribution in [-0.4, -0.2) is 55.3 Å². The molecule has 2 aliphatic rings. The van der Waals surface area contributed by atoms with Crippen molar-refractivity contribution >= 4 is 34.8 Å². The number of rotatable bonds is 7. The fourth-order valence-electron chi connectivity index (χ4n) is 4.60. The molecule has 5 rings (SSSR count). The summed E-state index contributed by atoms with van der Waals surface area (Å²) in [6.45, 7) is 3.22. The molecule has 0 radical (unpaired) electrons. The zero-order valence-corrected chi connectivity index (χ0v) is 20.8. The highest BCUT2D eigenvalue weighted by Crippen LogP contribution is 2.42. The second kappa shape index (κ2) is 10.5. The smallest absolute Gasteiger partial charge is 0.238 e. The summed E-state index contributed by atoms with van der Waals surface area (Å²) in [6.07, 6.45) is 0. The van der Waals surface area contributed by atoms with Crippen molar-refractivity contribution in [1.29, 1.82) is 0 Å². The van der Waals surface area contributed by atoms with Crippen LogP contribution >= 0.6 is 11.8 Å². The van der Waals surface area contributed by atoms with Crippen molar-refractivity contribution in [2.24, 2.45) is 4.99 Å². The number of methoxy groups -OCH3 is 2. The van der Waals surface area contributed by atoms with Crippen molar-refractivity contribution in [3.8, 4) is 11.5 Å². The van der Waals surface area contributed by atoms with Crippen molar-refractivity contribution in [2.45, 2.75) is 12.5 Å². The van der Waals surface area contributed by atoms with Gasteiger partial charge in [0.15, 0.2) is 11.5 Å². The molecule has 1 atom stereocenters. The molecular weight excluding hydrogens is 458 g/mol. The monoisotopic (exact) mass is 487 g/mol. The van der Waals surface area contributed by atoms with E-state index in [2.05, 4.69) is 22.3 Å². The summed E-state index contributed by atoms with van der Waals surface area (Å²) in [5.74, 6) is 2.89.